The van der Waals surface area contributed by atoms with E-state index in [0.717, 1.165) is 63.1 Å². The molecule has 1 N–H and O–H groups in total. The molecule has 6 nitrogen and oxygen atoms in total. The van der Waals surface area contributed by atoms with E-state index < -0.39 is 0 Å². The zero-order valence-corrected chi connectivity index (χ0v) is 19.9. The van der Waals surface area contributed by atoms with Crippen LogP contribution in [-0.2, 0) is 16.1 Å². The van der Waals surface area contributed by atoms with Crippen molar-refractivity contribution in [1.82, 2.24) is 15.1 Å². The van der Waals surface area contributed by atoms with E-state index in [1.54, 1.807) is 11.0 Å². The maximum atomic E-state index is 13.4. The normalized spacial score (nSPS) is 26.5. The van der Waals surface area contributed by atoms with Crippen molar-refractivity contribution >= 4 is 23.4 Å². The van der Waals surface area contributed by atoms with Crippen LogP contribution in [0.1, 0.15) is 48.5 Å². The van der Waals surface area contributed by atoms with Gasteiger partial charge in [0.2, 0.25) is 5.91 Å². The summed E-state index contributed by atoms with van der Waals surface area (Å²) >= 11 is 6.30. The zero-order chi connectivity index (χ0) is 22.9. The molecule has 2 unspecified atom stereocenters. The van der Waals surface area contributed by atoms with E-state index in [9.17, 15) is 9.59 Å². The molecule has 2 fully saturated rings. The van der Waals surface area contributed by atoms with Crippen molar-refractivity contribution < 1.29 is 14.3 Å². The predicted molar refractivity (Wildman–Crippen MR) is 128 cm³/mol. The molecule has 2 saturated heterocycles. The van der Waals surface area contributed by atoms with Gasteiger partial charge in [-0.3, -0.25) is 9.59 Å². The molecule has 2 amide bonds. The van der Waals surface area contributed by atoms with Crippen LogP contribution in [0.5, 0.6) is 0 Å². The first kappa shape index (κ1) is 22.6. The summed E-state index contributed by atoms with van der Waals surface area (Å²) in [6.07, 6.45) is 10.4. The number of hydrogen-bond donors (Lipinski definition) is 1. The minimum Gasteiger partial charge on any atom is -0.375 e. The number of fused-ring (bicyclic) bond motifs is 1. The molecule has 3 aliphatic heterocycles. The van der Waals surface area contributed by atoms with Crippen LogP contribution in [0.2, 0.25) is 5.02 Å². The van der Waals surface area contributed by atoms with Gasteiger partial charge in [-0.05, 0) is 56.5 Å². The number of hydrogen-bond acceptors (Lipinski definition) is 4. The van der Waals surface area contributed by atoms with Gasteiger partial charge in [0, 0.05) is 24.7 Å². The highest BCUT2D eigenvalue weighted by atomic mass is 35.5. The fourth-order valence-electron chi connectivity index (χ4n) is 5.56. The lowest BCUT2D eigenvalue weighted by molar-refractivity contribution is -0.139. The second-order valence-electron chi connectivity index (χ2n) is 9.57. The first-order valence-electron chi connectivity index (χ1n) is 12.2. The molecule has 33 heavy (non-hydrogen) atoms. The van der Waals surface area contributed by atoms with Gasteiger partial charge in [-0.2, -0.15) is 0 Å². The van der Waals surface area contributed by atoms with E-state index in [4.69, 9.17) is 16.3 Å². The maximum Gasteiger partial charge on any atom is 0.260 e. The highest BCUT2D eigenvalue weighted by molar-refractivity contribution is 6.34. The largest absolute Gasteiger partial charge is 0.375 e. The van der Waals surface area contributed by atoms with Crippen LogP contribution in [0.3, 0.4) is 0 Å². The third-order valence-corrected chi connectivity index (χ3v) is 7.81. The average molecular weight is 470 g/mol. The summed E-state index contributed by atoms with van der Waals surface area (Å²) in [5, 5.41) is 3.86. The van der Waals surface area contributed by atoms with E-state index in [2.05, 4.69) is 5.32 Å². The van der Waals surface area contributed by atoms with Crippen LogP contribution in [0.15, 0.2) is 42.1 Å². The number of piperidine rings is 2. The Balaban J connectivity index is 1.20. The highest BCUT2D eigenvalue weighted by Crippen LogP contribution is 2.37. The van der Waals surface area contributed by atoms with Gasteiger partial charge in [-0.25, -0.2) is 0 Å². The molecule has 1 aromatic carbocycles. The number of rotatable bonds is 4. The summed E-state index contributed by atoms with van der Waals surface area (Å²) in [5.74, 6) is -0.278. The van der Waals surface area contributed by atoms with Crippen LogP contribution in [-0.4, -0.2) is 60.0 Å². The number of allylic oxidation sites excluding steroid dienone is 3. The monoisotopic (exact) mass is 469 g/mol. The zero-order valence-electron chi connectivity index (χ0n) is 19.1. The molecule has 1 aromatic rings. The fraction of sp³-hybridized carbons (Fsp3) is 0.538. The van der Waals surface area contributed by atoms with Crippen molar-refractivity contribution in [3.8, 4) is 0 Å². The Bertz CT molecular complexity index is 977. The van der Waals surface area contributed by atoms with Gasteiger partial charge in [0.1, 0.15) is 0 Å². The SMILES string of the molecule is CC1C(N2Cc3cccc(Cl)c3C2=O)=CC=CC1C(=O)N1CCC(OC2CCNCC2)CC1. The Morgan fingerprint density at radius 3 is 2.58 bits per heavy atom. The summed E-state index contributed by atoms with van der Waals surface area (Å²) in [7, 11) is 0. The molecule has 3 heterocycles. The van der Waals surface area contributed by atoms with E-state index in [0.29, 0.717) is 23.2 Å². The van der Waals surface area contributed by atoms with Gasteiger partial charge < -0.3 is 19.9 Å². The Labute approximate surface area is 200 Å². The Kier molecular flexibility index (Phi) is 6.59. The molecule has 2 atom stereocenters. The van der Waals surface area contributed by atoms with Crippen molar-refractivity contribution in [2.24, 2.45) is 11.8 Å². The number of carbonyl (C=O) groups is 2. The minimum atomic E-state index is -0.265. The molecule has 7 heteroatoms. The van der Waals surface area contributed by atoms with Gasteiger partial charge in [-0.1, -0.05) is 42.8 Å². The topological polar surface area (TPSA) is 61.9 Å². The Morgan fingerprint density at radius 1 is 1.12 bits per heavy atom. The number of amides is 2. The average Bonchev–Trinajstić information content (AvgIpc) is 3.17. The van der Waals surface area contributed by atoms with Crippen molar-refractivity contribution in [1.29, 1.82) is 0 Å². The number of nitrogens with zero attached hydrogens (tertiary/aromatic N) is 2. The third-order valence-electron chi connectivity index (χ3n) is 7.50. The van der Waals surface area contributed by atoms with Crippen LogP contribution in [0.25, 0.3) is 0 Å². The molecule has 4 aliphatic rings. The summed E-state index contributed by atoms with van der Waals surface area (Å²) < 4.78 is 6.31. The quantitative estimate of drug-likeness (QED) is 0.729. The van der Waals surface area contributed by atoms with Crippen molar-refractivity contribution in [2.45, 2.75) is 51.4 Å². The van der Waals surface area contributed by atoms with E-state index in [1.807, 2.05) is 42.2 Å². The number of likely N-dealkylation sites (tertiary alicyclic amines) is 1. The first-order valence-corrected chi connectivity index (χ1v) is 12.5. The van der Waals surface area contributed by atoms with Gasteiger partial charge in [-0.15, -0.1) is 0 Å². The fourth-order valence-corrected chi connectivity index (χ4v) is 5.84. The first-order chi connectivity index (χ1) is 16.0. The van der Waals surface area contributed by atoms with Gasteiger partial charge >= 0.3 is 0 Å². The molecule has 0 saturated carbocycles. The van der Waals surface area contributed by atoms with Gasteiger partial charge in [0.15, 0.2) is 0 Å². The number of ether oxygens (including phenoxy) is 1. The third kappa shape index (κ3) is 4.48. The van der Waals surface area contributed by atoms with E-state index >= 15 is 0 Å². The molecule has 0 aromatic heterocycles. The lowest BCUT2D eigenvalue weighted by atomic mass is 9.85. The minimum absolute atomic E-state index is 0.0777. The van der Waals surface area contributed by atoms with Crippen molar-refractivity contribution in [2.75, 3.05) is 26.2 Å². The molecule has 0 bridgehead atoms. The second-order valence-corrected chi connectivity index (χ2v) is 9.97. The van der Waals surface area contributed by atoms with Gasteiger partial charge in [0.05, 0.1) is 35.3 Å². The van der Waals surface area contributed by atoms with Crippen LogP contribution >= 0.6 is 11.6 Å². The number of benzene rings is 1. The molecular weight excluding hydrogens is 438 g/mol. The molecular formula is C26H32ClN3O3. The lowest BCUT2D eigenvalue weighted by Crippen LogP contribution is -2.46. The van der Waals surface area contributed by atoms with Crippen LogP contribution < -0.4 is 5.32 Å². The standard InChI is InChI=1S/C26H32ClN3O3/c1-17-21(25(31)29-14-10-20(11-15-29)33-19-8-12-28-13-9-19)5-3-7-23(17)30-16-18-4-2-6-22(27)24(18)26(30)32/h2-7,17,19-21,28H,8-16H2,1H3. The Hall–Kier alpha value is -2.15. The smallest absolute Gasteiger partial charge is 0.260 e. The molecule has 5 rings (SSSR count). The predicted octanol–water partition coefficient (Wildman–Crippen LogP) is 3.76. The lowest BCUT2D eigenvalue weighted by Gasteiger charge is -2.38. The summed E-state index contributed by atoms with van der Waals surface area (Å²) in [4.78, 5) is 30.3. The molecule has 1 aliphatic carbocycles. The molecule has 0 spiro atoms. The second kappa shape index (κ2) is 9.61. The van der Waals surface area contributed by atoms with E-state index in [-0.39, 0.29) is 29.8 Å². The van der Waals surface area contributed by atoms with Crippen molar-refractivity contribution in [3.05, 3.63) is 58.3 Å². The van der Waals surface area contributed by atoms with Crippen LogP contribution in [0, 0.1) is 11.8 Å². The number of carbonyl (C=O) groups excluding carboxylic acids is 2. The van der Waals surface area contributed by atoms with Crippen LogP contribution in [0.4, 0.5) is 0 Å². The summed E-state index contributed by atoms with van der Waals surface area (Å²) in [6, 6.07) is 5.58. The van der Waals surface area contributed by atoms with Gasteiger partial charge in [0.25, 0.3) is 5.91 Å². The number of nitrogens with one attached hydrogen (secondary N) is 1. The molecule has 0 radical (unpaired) electrons. The van der Waals surface area contributed by atoms with E-state index in [1.165, 1.54) is 0 Å². The van der Waals surface area contributed by atoms with Crippen molar-refractivity contribution in [3.63, 3.8) is 0 Å². The Morgan fingerprint density at radius 2 is 1.85 bits per heavy atom. The maximum absolute atomic E-state index is 13.4. The summed E-state index contributed by atoms with van der Waals surface area (Å²) in [6.45, 7) is 6.06. The number of halogens is 1. The molecule has 176 valence electrons. The summed E-state index contributed by atoms with van der Waals surface area (Å²) in [5.41, 5.74) is 2.41. The highest BCUT2D eigenvalue weighted by Gasteiger charge is 2.39.